The molecule has 0 spiro atoms. The van der Waals surface area contributed by atoms with Gasteiger partial charge in [-0.3, -0.25) is 4.79 Å². The molecule has 2 aliphatic rings. The van der Waals surface area contributed by atoms with Gasteiger partial charge in [-0.2, -0.15) is 0 Å². The third-order valence-corrected chi connectivity index (χ3v) is 4.88. The van der Waals surface area contributed by atoms with Crippen molar-refractivity contribution >= 4 is 5.91 Å². The summed E-state index contributed by atoms with van der Waals surface area (Å²) in [5.41, 5.74) is 3.43. The van der Waals surface area contributed by atoms with Gasteiger partial charge in [-0.1, -0.05) is 25.7 Å². The normalized spacial score (nSPS) is 30.9. The zero-order valence-corrected chi connectivity index (χ0v) is 13.3. The summed E-state index contributed by atoms with van der Waals surface area (Å²) in [6, 6.07) is 1.30. The van der Waals surface area contributed by atoms with Crippen molar-refractivity contribution in [2.75, 3.05) is 0 Å². The number of nitrogens with zero attached hydrogens (tertiary/aromatic N) is 1. The molecular weight excluding hydrogens is 250 g/mol. The molecule has 1 aliphatic heterocycles. The topological polar surface area (TPSA) is 44.4 Å². The van der Waals surface area contributed by atoms with Crippen molar-refractivity contribution in [3.63, 3.8) is 0 Å². The first-order valence-corrected chi connectivity index (χ1v) is 8.43. The van der Waals surface area contributed by atoms with E-state index < -0.39 is 0 Å². The maximum Gasteiger partial charge on any atom is 0.238 e. The third kappa shape index (κ3) is 4.19. The summed E-state index contributed by atoms with van der Waals surface area (Å²) in [6.07, 6.45) is 9.86. The number of hydrogen-bond acceptors (Lipinski definition) is 3. The molecule has 3 atom stereocenters. The lowest BCUT2D eigenvalue weighted by molar-refractivity contribution is -0.126. The summed E-state index contributed by atoms with van der Waals surface area (Å²) in [7, 11) is 0. The van der Waals surface area contributed by atoms with E-state index >= 15 is 0 Å². The second kappa shape index (κ2) is 7.41. The van der Waals surface area contributed by atoms with E-state index in [1.807, 2.05) is 6.92 Å². The molecule has 0 aromatic rings. The second-order valence-electron chi connectivity index (χ2n) is 6.73. The van der Waals surface area contributed by atoms with Gasteiger partial charge in [0.05, 0.1) is 6.04 Å². The van der Waals surface area contributed by atoms with Crippen LogP contribution < -0.4 is 10.7 Å². The molecule has 2 N–H and O–H groups in total. The van der Waals surface area contributed by atoms with Gasteiger partial charge < -0.3 is 5.32 Å². The molecule has 0 bridgehead atoms. The van der Waals surface area contributed by atoms with Crippen LogP contribution in [0.4, 0.5) is 0 Å². The van der Waals surface area contributed by atoms with Gasteiger partial charge in [-0.25, -0.2) is 10.4 Å². The molecule has 4 nitrogen and oxygen atoms in total. The Bertz CT molecular complexity index is 305. The van der Waals surface area contributed by atoms with Gasteiger partial charge in [0.15, 0.2) is 0 Å². The van der Waals surface area contributed by atoms with Crippen LogP contribution in [-0.2, 0) is 4.79 Å². The monoisotopic (exact) mass is 281 g/mol. The van der Waals surface area contributed by atoms with E-state index in [4.69, 9.17) is 0 Å². The Kier molecular flexibility index (Phi) is 5.85. The minimum absolute atomic E-state index is 0.139. The summed E-state index contributed by atoms with van der Waals surface area (Å²) in [5.74, 6) is 0.155. The summed E-state index contributed by atoms with van der Waals surface area (Å²) >= 11 is 0. The van der Waals surface area contributed by atoms with E-state index in [9.17, 15) is 4.79 Å². The van der Waals surface area contributed by atoms with E-state index in [2.05, 4.69) is 29.6 Å². The molecule has 1 saturated heterocycles. The van der Waals surface area contributed by atoms with Crippen molar-refractivity contribution in [2.45, 2.75) is 96.3 Å². The lowest BCUT2D eigenvalue weighted by atomic mass is 9.95. The second-order valence-corrected chi connectivity index (χ2v) is 6.73. The van der Waals surface area contributed by atoms with Crippen molar-refractivity contribution in [3.05, 3.63) is 0 Å². The summed E-state index contributed by atoms with van der Waals surface area (Å²) in [4.78, 5) is 12.3. The SMILES string of the molecule is CC(NN1C(C)CCCC1C)C(=O)NC1CCCCC1. The number of carbonyl (C=O) groups is 1. The lowest BCUT2D eigenvalue weighted by Gasteiger charge is -2.40. The molecular formula is C16H31N3O. The molecule has 0 radical (unpaired) electrons. The van der Waals surface area contributed by atoms with Gasteiger partial charge in [0.25, 0.3) is 0 Å². The largest absolute Gasteiger partial charge is 0.352 e. The van der Waals surface area contributed by atoms with Crippen LogP contribution in [0.1, 0.15) is 72.1 Å². The molecule has 1 saturated carbocycles. The van der Waals surface area contributed by atoms with Crippen LogP contribution in [0.3, 0.4) is 0 Å². The van der Waals surface area contributed by atoms with Crippen LogP contribution in [0.15, 0.2) is 0 Å². The van der Waals surface area contributed by atoms with Crippen molar-refractivity contribution in [2.24, 2.45) is 0 Å². The Balaban J connectivity index is 1.80. The van der Waals surface area contributed by atoms with E-state index in [0.29, 0.717) is 18.1 Å². The van der Waals surface area contributed by atoms with Gasteiger partial charge in [-0.15, -0.1) is 0 Å². The number of hydrazine groups is 1. The molecule has 116 valence electrons. The number of piperidine rings is 1. The zero-order chi connectivity index (χ0) is 14.5. The molecule has 2 rings (SSSR count). The maximum absolute atomic E-state index is 12.3. The minimum Gasteiger partial charge on any atom is -0.352 e. The average Bonchev–Trinajstić information content (AvgIpc) is 2.44. The van der Waals surface area contributed by atoms with Crippen LogP contribution in [0.5, 0.6) is 0 Å². The molecule has 4 heteroatoms. The highest BCUT2D eigenvalue weighted by Crippen LogP contribution is 2.21. The lowest BCUT2D eigenvalue weighted by Crippen LogP contribution is -2.58. The Morgan fingerprint density at radius 3 is 2.20 bits per heavy atom. The third-order valence-electron chi connectivity index (χ3n) is 4.88. The first kappa shape index (κ1) is 15.8. The summed E-state index contributed by atoms with van der Waals surface area (Å²) in [5, 5.41) is 5.50. The minimum atomic E-state index is -0.139. The highest BCUT2D eigenvalue weighted by atomic mass is 16.2. The fourth-order valence-corrected chi connectivity index (χ4v) is 3.53. The van der Waals surface area contributed by atoms with Gasteiger partial charge in [0.1, 0.15) is 0 Å². The highest BCUT2D eigenvalue weighted by molar-refractivity contribution is 5.81. The predicted molar refractivity (Wildman–Crippen MR) is 82.2 cm³/mol. The molecule has 2 fully saturated rings. The smallest absolute Gasteiger partial charge is 0.238 e. The van der Waals surface area contributed by atoms with Gasteiger partial charge in [0.2, 0.25) is 5.91 Å². The summed E-state index contributed by atoms with van der Waals surface area (Å²) < 4.78 is 0. The van der Waals surface area contributed by atoms with Crippen molar-refractivity contribution in [1.29, 1.82) is 0 Å². The van der Waals surface area contributed by atoms with Crippen LogP contribution in [0, 0.1) is 0 Å². The van der Waals surface area contributed by atoms with Crippen molar-refractivity contribution < 1.29 is 4.79 Å². The van der Waals surface area contributed by atoms with Gasteiger partial charge in [-0.05, 0) is 46.5 Å². The Morgan fingerprint density at radius 2 is 1.60 bits per heavy atom. The maximum atomic E-state index is 12.3. The van der Waals surface area contributed by atoms with Crippen LogP contribution in [-0.4, -0.2) is 35.1 Å². The highest BCUT2D eigenvalue weighted by Gasteiger charge is 2.28. The Labute approximate surface area is 123 Å². The molecule has 20 heavy (non-hydrogen) atoms. The molecule has 1 aliphatic carbocycles. The quantitative estimate of drug-likeness (QED) is 0.832. The fraction of sp³-hybridized carbons (Fsp3) is 0.938. The molecule has 1 heterocycles. The Morgan fingerprint density at radius 1 is 1.00 bits per heavy atom. The Hall–Kier alpha value is -0.610. The van der Waals surface area contributed by atoms with Crippen LogP contribution in [0.2, 0.25) is 0 Å². The first-order chi connectivity index (χ1) is 9.58. The van der Waals surface area contributed by atoms with E-state index in [0.717, 1.165) is 12.8 Å². The number of rotatable bonds is 4. The van der Waals surface area contributed by atoms with E-state index in [-0.39, 0.29) is 11.9 Å². The molecule has 0 aromatic carbocycles. The zero-order valence-electron chi connectivity index (χ0n) is 13.3. The predicted octanol–water partition coefficient (Wildman–Crippen LogP) is 2.59. The number of hydrogen-bond donors (Lipinski definition) is 2. The number of carbonyl (C=O) groups excluding carboxylic acids is 1. The summed E-state index contributed by atoms with van der Waals surface area (Å²) in [6.45, 7) is 6.47. The average molecular weight is 281 g/mol. The first-order valence-electron chi connectivity index (χ1n) is 8.43. The van der Waals surface area contributed by atoms with Gasteiger partial charge in [0, 0.05) is 18.1 Å². The van der Waals surface area contributed by atoms with Crippen molar-refractivity contribution in [1.82, 2.24) is 15.8 Å². The van der Waals surface area contributed by atoms with Crippen molar-refractivity contribution in [3.8, 4) is 0 Å². The van der Waals surface area contributed by atoms with E-state index in [1.165, 1.54) is 38.5 Å². The molecule has 0 aromatic heterocycles. The fourth-order valence-electron chi connectivity index (χ4n) is 3.53. The number of nitrogens with one attached hydrogen (secondary N) is 2. The van der Waals surface area contributed by atoms with E-state index in [1.54, 1.807) is 0 Å². The number of amides is 1. The van der Waals surface area contributed by atoms with Crippen LogP contribution >= 0.6 is 0 Å². The standard InChI is InChI=1S/C16H31N3O/c1-12-8-7-9-13(2)19(12)18-14(3)16(20)17-15-10-5-4-6-11-15/h12-15,18H,4-11H2,1-3H3,(H,17,20). The molecule has 1 amide bonds. The van der Waals surface area contributed by atoms with Gasteiger partial charge >= 0.3 is 0 Å². The van der Waals surface area contributed by atoms with Crippen LogP contribution in [0.25, 0.3) is 0 Å². The molecule has 3 unspecified atom stereocenters.